The van der Waals surface area contributed by atoms with Gasteiger partial charge in [0.1, 0.15) is 12.4 Å². The van der Waals surface area contributed by atoms with Crippen LogP contribution < -0.4 is 4.74 Å². The molecule has 0 aliphatic heterocycles. The number of alkyl halides is 3. The molecule has 0 saturated carbocycles. The minimum atomic E-state index is -4.38. The second-order valence-corrected chi connectivity index (χ2v) is 2.59. The largest absolute Gasteiger partial charge is 0.489 e. The van der Waals surface area contributed by atoms with Crippen molar-refractivity contribution in [2.24, 2.45) is 0 Å². The number of ether oxygens (including phenoxy) is 1. The number of benzene rings is 1. The molecule has 0 N–H and O–H groups in total. The van der Waals surface area contributed by atoms with E-state index in [1.807, 2.05) is 0 Å². The second-order valence-electron chi connectivity index (χ2n) is 2.59. The summed E-state index contributed by atoms with van der Waals surface area (Å²) in [5.41, 5.74) is -0.762. The first-order valence-corrected chi connectivity index (χ1v) is 3.95. The van der Waals surface area contributed by atoms with Crippen LogP contribution in [0.4, 0.5) is 13.2 Å². The third-order valence-electron chi connectivity index (χ3n) is 1.55. The second kappa shape index (κ2) is 4.17. The van der Waals surface area contributed by atoms with Gasteiger partial charge >= 0.3 is 6.18 Å². The number of hydrogen-bond acceptors (Lipinski definition) is 1. The molecule has 76 valence electrons. The van der Waals surface area contributed by atoms with Crippen LogP contribution in [0.25, 0.3) is 0 Å². The van der Waals surface area contributed by atoms with E-state index in [0.717, 1.165) is 6.07 Å². The van der Waals surface area contributed by atoms with Gasteiger partial charge in [-0.25, -0.2) is 0 Å². The zero-order chi connectivity index (χ0) is 10.6. The van der Waals surface area contributed by atoms with Crippen molar-refractivity contribution >= 4 is 0 Å². The molecule has 0 unspecified atom stereocenters. The molecule has 0 fully saturated rings. The molecule has 1 aromatic rings. The first kappa shape index (κ1) is 10.6. The molecule has 1 rings (SSSR count). The van der Waals surface area contributed by atoms with Crippen LogP contribution in [0.5, 0.6) is 5.75 Å². The molecule has 0 aromatic heterocycles. The molecule has 0 atom stereocenters. The number of para-hydroxylation sites is 1. The molecule has 0 spiro atoms. The lowest BCUT2D eigenvalue weighted by Crippen LogP contribution is -2.08. The molecule has 0 saturated heterocycles. The van der Waals surface area contributed by atoms with Crippen molar-refractivity contribution in [3.05, 3.63) is 42.5 Å². The molecule has 0 aliphatic carbocycles. The van der Waals surface area contributed by atoms with Gasteiger partial charge < -0.3 is 4.74 Å². The van der Waals surface area contributed by atoms with Gasteiger partial charge in [-0.15, -0.1) is 0 Å². The molecule has 0 radical (unpaired) electrons. The summed E-state index contributed by atoms with van der Waals surface area (Å²) in [4.78, 5) is 0. The Kier molecular flexibility index (Phi) is 3.17. The third kappa shape index (κ3) is 2.52. The minimum absolute atomic E-state index is 0.0626. The van der Waals surface area contributed by atoms with Crippen LogP contribution in [0, 0.1) is 0 Å². The van der Waals surface area contributed by atoms with E-state index in [1.165, 1.54) is 24.3 Å². The van der Waals surface area contributed by atoms with Crippen molar-refractivity contribution < 1.29 is 17.9 Å². The highest BCUT2D eigenvalue weighted by molar-refractivity contribution is 5.35. The van der Waals surface area contributed by atoms with Crippen molar-refractivity contribution in [2.45, 2.75) is 6.18 Å². The van der Waals surface area contributed by atoms with E-state index in [1.54, 1.807) is 0 Å². The first-order chi connectivity index (χ1) is 6.55. The van der Waals surface area contributed by atoms with E-state index < -0.39 is 11.7 Å². The summed E-state index contributed by atoms with van der Waals surface area (Å²) < 4.78 is 42.0. The fourth-order valence-corrected chi connectivity index (χ4v) is 0.975. The first-order valence-electron chi connectivity index (χ1n) is 3.95. The van der Waals surface area contributed by atoms with Crippen molar-refractivity contribution in [1.82, 2.24) is 0 Å². The van der Waals surface area contributed by atoms with Crippen molar-refractivity contribution in [1.29, 1.82) is 0 Å². The Hall–Kier alpha value is -1.45. The molecule has 0 heterocycles. The fraction of sp³-hybridized carbons (Fsp3) is 0.200. The Morgan fingerprint density at radius 1 is 1.29 bits per heavy atom. The standard InChI is InChI=1S/C10H9F3O/c1-2-7-14-9-6-4-3-5-8(9)10(11,12)13/h2-6H,1,7H2. The Balaban J connectivity index is 2.97. The molecule has 0 bridgehead atoms. The Bertz CT molecular complexity index is 317. The lowest BCUT2D eigenvalue weighted by atomic mass is 10.2. The zero-order valence-electron chi connectivity index (χ0n) is 7.34. The quantitative estimate of drug-likeness (QED) is 0.683. The van der Waals surface area contributed by atoms with Gasteiger partial charge in [0.15, 0.2) is 0 Å². The van der Waals surface area contributed by atoms with Gasteiger partial charge in [-0.3, -0.25) is 0 Å². The average Bonchev–Trinajstić information content (AvgIpc) is 2.14. The molecule has 4 heteroatoms. The maximum absolute atomic E-state index is 12.4. The van der Waals surface area contributed by atoms with Gasteiger partial charge in [-0.1, -0.05) is 24.8 Å². The van der Waals surface area contributed by atoms with Crippen LogP contribution in [0.2, 0.25) is 0 Å². The van der Waals surface area contributed by atoms with E-state index in [4.69, 9.17) is 4.74 Å². The van der Waals surface area contributed by atoms with Gasteiger partial charge in [-0.05, 0) is 12.1 Å². The van der Waals surface area contributed by atoms with Crippen molar-refractivity contribution in [3.8, 4) is 5.75 Å². The van der Waals surface area contributed by atoms with Gasteiger partial charge in [0.25, 0.3) is 0 Å². The Labute approximate surface area is 79.8 Å². The smallest absolute Gasteiger partial charge is 0.419 e. The summed E-state index contributed by atoms with van der Waals surface area (Å²) in [5.74, 6) is -0.167. The number of hydrogen-bond donors (Lipinski definition) is 0. The Morgan fingerprint density at radius 3 is 2.50 bits per heavy atom. The maximum Gasteiger partial charge on any atom is 0.419 e. The van der Waals surface area contributed by atoms with Gasteiger partial charge in [0, 0.05) is 0 Å². The van der Waals surface area contributed by atoms with Crippen molar-refractivity contribution in [3.63, 3.8) is 0 Å². The van der Waals surface area contributed by atoms with Crippen LogP contribution in [0.1, 0.15) is 5.56 Å². The predicted molar refractivity (Wildman–Crippen MR) is 47.1 cm³/mol. The molecule has 14 heavy (non-hydrogen) atoms. The van der Waals surface area contributed by atoms with E-state index in [9.17, 15) is 13.2 Å². The van der Waals surface area contributed by atoms with Crippen LogP contribution in [0.3, 0.4) is 0 Å². The van der Waals surface area contributed by atoms with E-state index in [0.29, 0.717) is 0 Å². The summed E-state index contributed by atoms with van der Waals surface area (Å²) in [6.45, 7) is 3.42. The average molecular weight is 202 g/mol. The van der Waals surface area contributed by atoms with E-state index in [-0.39, 0.29) is 12.4 Å². The number of halogens is 3. The molecule has 1 aromatic carbocycles. The topological polar surface area (TPSA) is 9.23 Å². The maximum atomic E-state index is 12.4. The van der Waals surface area contributed by atoms with Gasteiger partial charge in [0.2, 0.25) is 0 Å². The third-order valence-corrected chi connectivity index (χ3v) is 1.55. The van der Waals surface area contributed by atoms with Gasteiger partial charge in [-0.2, -0.15) is 13.2 Å². The summed E-state index contributed by atoms with van der Waals surface area (Å²) in [7, 11) is 0. The van der Waals surface area contributed by atoms with Crippen molar-refractivity contribution in [2.75, 3.05) is 6.61 Å². The molecule has 1 nitrogen and oxygen atoms in total. The molecular formula is C10H9F3O. The van der Waals surface area contributed by atoms with Crippen LogP contribution in [-0.2, 0) is 6.18 Å². The fourth-order valence-electron chi connectivity index (χ4n) is 0.975. The highest BCUT2D eigenvalue weighted by Gasteiger charge is 2.33. The predicted octanol–water partition coefficient (Wildman–Crippen LogP) is 3.27. The van der Waals surface area contributed by atoms with E-state index >= 15 is 0 Å². The van der Waals surface area contributed by atoms with Crippen LogP contribution >= 0.6 is 0 Å². The van der Waals surface area contributed by atoms with E-state index in [2.05, 4.69) is 6.58 Å². The van der Waals surface area contributed by atoms with Crippen LogP contribution in [-0.4, -0.2) is 6.61 Å². The Morgan fingerprint density at radius 2 is 1.93 bits per heavy atom. The highest BCUT2D eigenvalue weighted by Crippen LogP contribution is 2.35. The summed E-state index contributed by atoms with van der Waals surface area (Å²) in [5, 5.41) is 0. The normalized spacial score (nSPS) is 11.1. The lowest BCUT2D eigenvalue weighted by Gasteiger charge is -2.12. The summed E-state index contributed by atoms with van der Waals surface area (Å²) in [6.07, 6.45) is -2.98. The number of rotatable bonds is 3. The van der Waals surface area contributed by atoms with Gasteiger partial charge in [0.05, 0.1) is 5.56 Å². The molecule has 0 aliphatic rings. The SMILES string of the molecule is C=CCOc1ccccc1C(F)(F)F. The minimum Gasteiger partial charge on any atom is -0.489 e. The highest BCUT2D eigenvalue weighted by atomic mass is 19.4. The zero-order valence-corrected chi connectivity index (χ0v) is 7.34. The molecule has 0 amide bonds. The summed E-state index contributed by atoms with van der Waals surface area (Å²) in [6, 6.07) is 5.09. The monoisotopic (exact) mass is 202 g/mol. The summed E-state index contributed by atoms with van der Waals surface area (Å²) >= 11 is 0. The lowest BCUT2D eigenvalue weighted by molar-refractivity contribution is -0.138. The molecular weight excluding hydrogens is 193 g/mol. The van der Waals surface area contributed by atoms with Crippen LogP contribution in [0.15, 0.2) is 36.9 Å².